The fourth-order valence-electron chi connectivity index (χ4n) is 1.88. The third-order valence-corrected chi connectivity index (χ3v) is 4.18. The zero-order chi connectivity index (χ0) is 15.2. The third-order valence-electron chi connectivity index (χ3n) is 3.00. The van der Waals surface area contributed by atoms with Gasteiger partial charge in [-0.15, -0.1) is 11.3 Å². The van der Waals surface area contributed by atoms with E-state index in [4.69, 9.17) is 0 Å². The molecule has 0 unspecified atom stereocenters. The van der Waals surface area contributed by atoms with Crippen LogP contribution in [0.1, 0.15) is 25.1 Å². The van der Waals surface area contributed by atoms with Crippen molar-refractivity contribution in [2.45, 2.75) is 26.7 Å². The molecule has 0 fully saturated rings. The Hall–Kier alpha value is -1.89. The number of nitrogens with zero attached hydrogens (tertiary/aromatic N) is 2. The Morgan fingerprint density at radius 2 is 2.14 bits per heavy atom. The van der Waals surface area contributed by atoms with E-state index in [-0.39, 0.29) is 12.5 Å². The number of rotatable bonds is 7. The summed E-state index contributed by atoms with van der Waals surface area (Å²) in [4.78, 5) is 22.8. The van der Waals surface area contributed by atoms with Crippen molar-refractivity contribution in [3.05, 3.63) is 10.9 Å². The molecular formula is C14H21N5OS. The first kappa shape index (κ1) is 15.5. The lowest BCUT2D eigenvalue weighted by Gasteiger charge is -2.08. The molecule has 114 valence electrons. The summed E-state index contributed by atoms with van der Waals surface area (Å²) in [5.74, 6) is 1.23. The lowest BCUT2D eigenvalue weighted by molar-refractivity contribution is -0.119. The van der Waals surface area contributed by atoms with Gasteiger partial charge in [-0.2, -0.15) is 4.98 Å². The van der Waals surface area contributed by atoms with E-state index >= 15 is 0 Å². The molecule has 0 aliphatic carbocycles. The van der Waals surface area contributed by atoms with Gasteiger partial charge in [0.15, 0.2) is 0 Å². The lowest BCUT2D eigenvalue weighted by atomic mass is 10.3. The summed E-state index contributed by atoms with van der Waals surface area (Å²) in [6.07, 6.45) is 1.89. The highest BCUT2D eigenvalue weighted by molar-refractivity contribution is 7.18. The van der Waals surface area contributed by atoms with Crippen molar-refractivity contribution in [3.8, 4) is 0 Å². The second-order valence-electron chi connectivity index (χ2n) is 4.63. The van der Waals surface area contributed by atoms with Gasteiger partial charge in [0, 0.05) is 18.5 Å². The maximum absolute atomic E-state index is 11.7. The van der Waals surface area contributed by atoms with Crippen LogP contribution in [0.3, 0.4) is 0 Å². The smallest absolute Gasteiger partial charge is 0.239 e. The van der Waals surface area contributed by atoms with E-state index in [0.29, 0.717) is 18.3 Å². The number of anilines is 2. The Bertz CT molecular complexity index is 625. The van der Waals surface area contributed by atoms with Crippen LogP contribution >= 0.6 is 11.3 Å². The molecule has 3 N–H and O–H groups in total. The molecule has 2 heterocycles. The molecule has 0 radical (unpaired) electrons. The Labute approximate surface area is 128 Å². The molecule has 21 heavy (non-hydrogen) atoms. The van der Waals surface area contributed by atoms with Gasteiger partial charge in [-0.05, 0) is 18.9 Å². The first-order valence-electron chi connectivity index (χ1n) is 7.16. The molecular weight excluding hydrogens is 286 g/mol. The van der Waals surface area contributed by atoms with Gasteiger partial charge < -0.3 is 16.0 Å². The van der Waals surface area contributed by atoms with E-state index in [0.717, 1.165) is 23.1 Å². The molecule has 1 amide bonds. The molecule has 0 atom stereocenters. The number of aromatic nitrogens is 2. The topological polar surface area (TPSA) is 78.9 Å². The highest BCUT2D eigenvalue weighted by Crippen LogP contribution is 2.30. The van der Waals surface area contributed by atoms with Crippen LogP contribution in [0.4, 0.5) is 11.8 Å². The predicted molar refractivity (Wildman–Crippen MR) is 88.1 cm³/mol. The summed E-state index contributed by atoms with van der Waals surface area (Å²) >= 11 is 1.66. The Morgan fingerprint density at radius 3 is 2.81 bits per heavy atom. The predicted octanol–water partition coefficient (Wildman–Crippen LogP) is 2.23. The van der Waals surface area contributed by atoms with Crippen molar-refractivity contribution in [1.29, 1.82) is 0 Å². The number of hydrogen-bond donors (Lipinski definition) is 3. The Kier molecular flexibility index (Phi) is 5.32. The van der Waals surface area contributed by atoms with Crippen LogP contribution in [0, 0.1) is 0 Å². The van der Waals surface area contributed by atoms with Crippen LogP contribution in [0.25, 0.3) is 10.2 Å². The molecule has 0 spiro atoms. The second-order valence-corrected chi connectivity index (χ2v) is 5.75. The molecule has 7 heteroatoms. The molecule has 2 aromatic heterocycles. The number of carbonyl (C=O) groups is 1. The van der Waals surface area contributed by atoms with E-state index in [1.165, 1.54) is 4.88 Å². The fraction of sp³-hybridized carbons (Fsp3) is 0.500. The lowest BCUT2D eigenvalue weighted by Crippen LogP contribution is -2.30. The monoisotopic (exact) mass is 307 g/mol. The number of thiophene rings is 1. The quantitative estimate of drug-likeness (QED) is 0.731. The van der Waals surface area contributed by atoms with Gasteiger partial charge in [-0.1, -0.05) is 13.8 Å². The van der Waals surface area contributed by atoms with E-state index in [2.05, 4.69) is 38.9 Å². The van der Waals surface area contributed by atoms with Crippen LogP contribution in [-0.4, -0.2) is 36.0 Å². The van der Waals surface area contributed by atoms with Crippen molar-refractivity contribution in [1.82, 2.24) is 15.3 Å². The van der Waals surface area contributed by atoms with E-state index < -0.39 is 0 Å². The molecule has 0 saturated heterocycles. The number of fused-ring (bicyclic) bond motifs is 1. The summed E-state index contributed by atoms with van der Waals surface area (Å²) in [7, 11) is 1.78. The minimum atomic E-state index is -0.0273. The Morgan fingerprint density at radius 1 is 1.33 bits per heavy atom. The minimum Gasteiger partial charge on any atom is -0.360 e. The van der Waals surface area contributed by atoms with E-state index in [1.54, 1.807) is 18.4 Å². The number of amides is 1. The van der Waals surface area contributed by atoms with Gasteiger partial charge in [0.25, 0.3) is 0 Å². The van der Waals surface area contributed by atoms with Crippen LogP contribution in [0.15, 0.2) is 6.07 Å². The summed E-state index contributed by atoms with van der Waals surface area (Å²) in [6.45, 7) is 5.05. The molecule has 0 aliphatic rings. The molecule has 2 rings (SSSR count). The zero-order valence-corrected chi connectivity index (χ0v) is 13.4. The summed E-state index contributed by atoms with van der Waals surface area (Å²) in [5.41, 5.74) is 0. The van der Waals surface area contributed by atoms with Crippen LogP contribution in [-0.2, 0) is 11.2 Å². The van der Waals surface area contributed by atoms with Crippen molar-refractivity contribution in [3.63, 3.8) is 0 Å². The molecule has 0 saturated carbocycles. The minimum absolute atomic E-state index is 0.0273. The van der Waals surface area contributed by atoms with Gasteiger partial charge in [-0.25, -0.2) is 4.98 Å². The largest absolute Gasteiger partial charge is 0.360 e. The van der Waals surface area contributed by atoms with Gasteiger partial charge in [0.1, 0.15) is 10.6 Å². The van der Waals surface area contributed by atoms with E-state index in [9.17, 15) is 4.79 Å². The van der Waals surface area contributed by atoms with Gasteiger partial charge >= 0.3 is 0 Å². The SMILES string of the molecule is CCCNC(=O)CNc1nc(NC)nc2sc(CC)cc12. The third kappa shape index (κ3) is 3.81. The first-order valence-corrected chi connectivity index (χ1v) is 7.98. The highest BCUT2D eigenvalue weighted by atomic mass is 32.1. The van der Waals surface area contributed by atoms with Crippen molar-refractivity contribution in [2.24, 2.45) is 0 Å². The molecule has 0 aromatic carbocycles. The number of carbonyl (C=O) groups excluding carboxylic acids is 1. The average molecular weight is 307 g/mol. The van der Waals surface area contributed by atoms with Gasteiger partial charge in [0.2, 0.25) is 11.9 Å². The van der Waals surface area contributed by atoms with Crippen molar-refractivity contribution in [2.75, 3.05) is 30.8 Å². The molecule has 2 aromatic rings. The molecule has 0 aliphatic heterocycles. The average Bonchev–Trinajstić information content (AvgIpc) is 2.93. The standard InChI is InChI=1S/C14H21N5OS/c1-4-6-16-11(20)8-17-12-10-7-9(5-2)21-13(10)19-14(15-3)18-12/h7H,4-6,8H2,1-3H3,(H,16,20)(H2,15,17,18,19). The summed E-state index contributed by atoms with van der Waals surface area (Å²) < 4.78 is 0. The summed E-state index contributed by atoms with van der Waals surface area (Å²) in [6, 6.07) is 2.09. The fourth-order valence-corrected chi connectivity index (χ4v) is 2.85. The number of hydrogen-bond acceptors (Lipinski definition) is 6. The van der Waals surface area contributed by atoms with Crippen LogP contribution < -0.4 is 16.0 Å². The zero-order valence-electron chi connectivity index (χ0n) is 12.6. The van der Waals surface area contributed by atoms with Gasteiger partial charge in [0.05, 0.1) is 11.9 Å². The van der Waals surface area contributed by atoms with Crippen molar-refractivity contribution < 1.29 is 4.79 Å². The first-order chi connectivity index (χ1) is 10.2. The maximum atomic E-state index is 11.7. The Balaban J connectivity index is 2.20. The van der Waals surface area contributed by atoms with E-state index in [1.807, 2.05) is 6.92 Å². The highest BCUT2D eigenvalue weighted by Gasteiger charge is 2.11. The van der Waals surface area contributed by atoms with Gasteiger partial charge in [-0.3, -0.25) is 4.79 Å². The molecule has 0 bridgehead atoms. The summed E-state index contributed by atoms with van der Waals surface area (Å²) in [5, 5.41) is 9.87. The normalized spacial score (nSPS) is 10.6. The number of nitrogens with one attached hydrogen (secondary N) is 3. The maximum Gasteiger partial charge on any atom is 0.239 e. The van der Waals surface area contributed by atoms with Crippen molar-refractivity contribution >= 4 is 39.2 Å². The second kappa shape index (κ2) is 7.21. The molecule has 6 nitrogen and oxygen atoms in total. The van der Waals surface area contributed by atoms with Crippen LogP contribution in [0.2, 0.25) is 0 Å². The number of aryl methyl sites for hydroxylation is 1. The van der Waals surface area contributed by atoms with Crippen LogP contribution in [0.5, 0.6) is 0 Å².